The molecule has 1 aromatic rings. The Balaban J connectivity index is 1.59. The molecule has 0 N–H and O–H groups in total. The van der Waals surface area contributed by atoms with Gasteiger partial charge in [-0.1, -0.05) is 33.1 Å². The quantitative estimate of drug-likeness (QED) is 0.681. The van der Waals surface area contributed by atoms with Gasteiger partial charge < -0.3 is 4.90 Å². The van der Waals surface area contributed by atoms with Crippen molar-refractivity contribution in [3.63, 3.8) is 0 Å². The topological polar surface area (TPSA) is 74.5 Å². The van der Waals surface area contributed by atoms with Gasteiger partial charge in [0.15, 0.2) is 17.5 Å². The summed E-state index contributed by atoms with van der Waals surface area (Å²) in [5.41, 5.74) is 0.642. The third kappa shape index (κ3) is 3.79. The van der Waals surface area contributed by atoms with E-state index in [2.05, 4.69) is 29.7 Å². The van der Waals surface area contributed by atoms with E-state index >= 15 is 0 Å². The zero-order chi connectivity index (χ0) is 21.1. The number of nitrogens with zero attached hydrogens (tertiary/aromatic N) is 7. The highest BCUT2D eigenvalue weighted by Crippen LogP contribution is 2.35. The summed E-state index contributed by atoms with van der Waals surface area (Å²) in [5.74, 6) is 2.23. The normalized spacial score (nSPS) is 26.1. The molecule has 2 heterocycles. The molecule has 30 heavy (non-hydrogen) atoms. The van der Waals surface area contributed by atoms with E-state index in [1.807, 2.05) is 0 Å². The molecule has 4 rings (SSSR count). The van der Waals surface area contributed by atoms with Crippen LogP contribution in [-0.2, 0) is 0 Å². The van der Waals surface area contributed by atoms with Crippen molar-refractivity contribution in [3.05, 3.63) is 28.8 Å². The predicted molar refractivity (Wildman–Crippen MR) is 117 cm³/mol. The van der Waals surface area contributed by atoms with Gasteiger partial charge in [-0.15, -0.1) is 0 Å². The minimum absolute atomic E-state index is 0.178. The molecule has 2 saturated carbocycles. The highest BCUT2D eigenvalue weighted by atomic mass is 15.4. The molecule has 2 aliphatic carbocycles. The Morgan fingerprint density at radius 2 is 1.83 bits per heavy atom. The van der Waals surface area contributed by atoms with Gasteiger partial charge in [0.25, 0.3) is 5.70 Å². The molecule has 2 fully saturated rings. The van der Waals surface area contributed by atoms with Crippen molar-refractivity contribution >= 4 is 11.4 Å². The van der Waals surface area contributed by atoms with E-state index in [0.717, 1.165) is 57.4 Å². The second-order valence-electron chi connectivity index (χ2n) is 8.62. The van der Waals surface area contributed by atoms with Crippen molar-refractivity contribution in [3.8, 4) is 6.07 Å². The number of nitriles is 1. The summed E-state index contributed by atoms with van der Waals surface area (Å²) in [4.78, 5) is 15.9. The fraction of sp³-hybridized carbons (Fsp3) is 0.696. The smallest absolute Gasteiger partial charge is 0.251 e. The first kappa shape index (κ1) is 20.8. The largest absolute Gasteiger partial charge is 0.301 e. The van der Waals surface area contributed by atoms with Crippen LogP contribution >= 0.6 is 0 Å². The lowest BCUT2D eigenvalue weighted by molar-refractivity contribution is 0.165. The summed E-state index contributed by atoms with van der Waals surface area (Å²) in [6, 6.07) is 3.00. The molecule has 0 unspecified atom stereocenters. The number of allylic oxidation sites excluding steroid dienone is 2. The number of rotatable bonds is 5. The number of hydrogen-bond donors (Lipinski definition) is 0. The van der Waals surface area contributed by atoms with Crippen LogP contribution in [-0.4, -0.2) is 50.7 Å². The standard InChI is InChI=1S/C23H31N7/c1-4-29(5-2)18-13-11-17(12-14-18)26-23-20(25-3)19(15-24)22-27-21(28-30(22)23)16-9-7-6-8-10-16/h16-18H,4-14H2,1-2H3. The lowest BCUT2D eigenvalue weighted by Crippen LogP contribution is -2.38. The summed E-state index contributed by atoms with van der Waals surface area (Å²) in [7, 11) is 0. The number of hydrogen-bond acceptors (Lipinski definition) is 5. The van der Waals surface area contributed by atoms with Crippen LogP contribution in [0.15, 0.2) is 10.7 Å². The first-order chi connectivity index (χ1) is 14.7. The summed E-state index contributed by atoms with van der Waals surface area (Å²) in [6.07, 6.45) is 10.2. The molecular weight excluding hydrogens is 374 g/mol. The van der Waals surface area contributed by atoms with Crippen molar-refractivity contribution in [1.29, 1.82) is 5.26 Å². The highest BCUT2D eigenvalue weighted by molar-refractivity contribution is 6.14. The fourth-order valence-electron chi connectivity index (χ4n) is 5.28. The van der Waals surface area contributed by atoms with Crippen molar-refractivity contribution < 1.29 is 0 Å². The summed E-state index contributed by atoms with van der Waals surface area (Å²) in [6.45, 7) is 14.3. The van der Waals surface area contributed by atoms with Crippen LogP contribution in [0.3, 0.4) is 0 Å². The number of aliphatic imine (C=N–C) groups is 1. The van der Waals surface area contributed by atoms with E-state index < -0.39 is 0 Å². The highest BCUT2D eigenvalue weighted by Gasteiger charge is 2.35. The molecule has 1 aromatic heterocycles. The predicted octanol–water partition coefficient (Wildman–Crippen LogP) is 4.39. The van der Waals surface area contributed by atoms with E-state index in [1.54, 1.807) is 4.68 Å². The molecule has 7 heteroatoms. The molecule has 0 radical (unpaired) electrons. The van der Waals surface area contributed by atoms with Crippen LogP contribution in [0, 0.1) is 17.9 Å². The monoisotopic (exact) mass is 405 g/mol. The Bertz CT molecular complexity index is 908. The SMILES string of the molecule is [C-]#[N+]C1=C(C#N)c2nc(C3CCCCC3)nn2C1=NC1CCC(N(CC)CC)CC1. The second kappa shape index (κ2) is 9.10. The molecule has 0 bridgehead atoms. The van der Waals surface area contributed by atoms with Crippen LogP contribution in [0.2, 0.25) is 0 Å². The van der Waals surface area contributed by atoms with Crippen LogP contribution < -0.4 is 0 Å². The summed E-state index contributed by atoms with van der Waals surface area (Å²) >= 11 is 0. The van der Waals surface area contributed by atoms with Crippen LogP contribution in [0.4, 0.5) is 0 Å². The van der Waals surface area contributed by atoms with Crippen LogP contribution in [0.1, 0.15) is 89.2 Å². The van der Waals surface area contributed by atoms with E-state index in [1.165, 1.54) is 19.3 Å². The zero-order valence-corrected chi connectivity index (χ0v) is 18.1. The minimum atomic E-state index is 0.178. The third-order valence-electron chi connectivity index (χ3n) is 6.99. The van der Waals surface area contributed by atoms with Gasteiger partial charge in [-0.2, -0.15) is 10.4 Å². The van der Waals surface area contributed by atoms with Gasteiger partial charge in [0.05, 0.1) is 18.7 Å². The molecule has 7 nitrogen and oxygen atoms in total. The molecule has 0 amide bonds. The lowest BCUT2D eigenvalue weighted by Gasteiger charge is -2.34. The van der Waals surface area contributed by atoms with Gasteiger partial charge in [-0.3, -0.25) is 4.99 Å². The van der Waals surface area contributed by atoms with Crippen molar-refractivity contribution in [1.82, 2.24) is 19.7 Å². The van der Waals surface area contributed by atoms with Gasteiger partial charge in [-0.05, 0) is 51.6 Å². The Morgan fingerprint density at radius 1 is 1.13 bits per heavy atom. The molecule has 0 atom stereocenters. The fourth-order valence-corrected chi connectivity index (χ4v) is 5.28. The van der Waals surface area contributed by atoms with E-state index in [-0.39, 0.29) is 6.04 Å². The van der Waals surface area contributed by atoms with Crippen molar-refractivity contribution in [2.75, 3.05) is 13.1 Å². The number of aromatic nitrogens is 3. The molecule has 1 aliphatic heterocycles. The summed E-state index contributed by atoms with van der Waals surface area (Å²) in [5, 5.41) is 14.5. The third-order valence-corrected chi connectivity index (χ3v) is 6.99. The first-order valence-corrected chi connectivity index (χ1v) is 11.5. The molecule has 0 spiro atoms. The van der Waals surface area contributed by atoms with Crippen molar-refractivity contribution in [2.24, 2.45) is 4.99 Å². The average molecular weight is 406 g/mol. The van der Waals surface area contributed by atoms with Gasteiger partial charge in [0.2, 0.25) is 0 Å². The number of fused-ring (bicyclic) bond motifs is 1. The average Bonchev–Trinajstić information content (AvgIpc) is 3.34. The van der Waals surface area contributed by atoms with Crippen LogP contribution in [0.25, 0.3) is 10.4 Å². The molecular formula is C23H31N7. The van der Waals surface area contributed by atoms with E-state index in [4.69, 9.17) is 21.6 Å². The maximum Gasteiger partial charge on any atom is 0.251 e. The second-order valence-corrected chi connectivity index (χ2v) is 8.62. The zero-order valence-electron chi connectivity index (χ0n) is 18.1. The maximum atomic E-state index is 9.71. The Labute approximate surface area is 179 Å². The van der Waals surface area contributed by atoms with Gasteiger partial charge in [-0.25, -0.2) is 14.5 Å². The molecule has 158 valence electrons. The van der Waals surface area contributed by atoms with Gasteiger partial charge in [0.1, 0.15) is 5.57 Å². The Kier molecular flexibility index (Phi) is 6.29. The molecule has 3 aliphatic rings. The maximum absolute atomic E-state index is 9.71. The van der Waals surface area contributed by atoms with Crippen LogP contribution in [0.5, 0.6) is 0 Å². The van der Waals surface area contributed by atoms with E-state index in [9.17, 15) is 5.26 Å². The van der Waals surface area contributed by atoms with Gasteiger partial charge >= 0.3 is 0 Å². The Morgan fingerprint density at radius 3 is 2.43 bits per heavy atom. The van der Waals surface area contributed by atoms with Gasteiger partial charge in [0, 0.05) is 12.0 Å². The lowest BCUT2D eigenvalue weighted by atomic mass is 9.89. The molecule has 0 aromatic carbocycles. The summed E-state index contributed by atoms with van der Waals surface area (Å²) < 4.78 is 1.69. The van der Waals surface area contributed by atoms with E-state index in [0.29, 0.717) is 34.9 Å². The minimum Gasteiger partial charge on any atom is -0.301 e. The first-order valence-electron chi connectivity index (χ1n) is 11.5. The van der Waals surface area contributed by atoms with Crippen molar-refractivity contribution in [2.45, 2.75) is 89.6 Å². The molecule has 0 saturated heterocycles. The Hall–Kier alpha value is -2.51.